The smallest absolute Gasteiger partial charge is 0.222 e. The van der Waals surface area contributed by atoms with E-state index in [9.17, 15) is 10.1 Å². The topological polar surface area (TPSA) is 65.8 Å². The van der Waals surface area contributed by atoms with Crippen molar-refractivity contribution < 1.29 is 14.3 Å². The minimum Gasteiger partial charge on any atom is -0.494 e. The Morgan fingerprint density at radius 1 is 1.34 bits per heavy atom. The number of rotatable bonds is 4. The summed E-state index contributed by atoms with van der Waals surface area (Å²) in [6.07, 6.45) is 5.16. The van der Waals surface area contributed by atoms with Crippen LogP contribution in [0.5, 0.6) is 0 Å². The zero-order chi connectivity index (χ0) is 20.4. The molecule has 1 atom stereocenters. The summed E-state index contributed by atoms with van der Waals surface area (Å²) in [4.78, 5) is 16.0. The highest BCUT2D eigenvalue weighted by Crippen LogP contribution is 2.35. The Hall–Kier alpha value is -2.94. The molecule has 29 heavy (non-hydrogen) atoms. The predicted octanol–water partition coefficient (Wildman–Crippen LogP) is 3.62. The van der Waals surface area contributed by atoms with E-state index in [0.717, 1.165) is 60.8 Å². The van der Waals surface area contributed by atoms with Crippen molar-refractivity contribution in [3.63, 3.8) is 0 Å². The third-order valence-electron chi connectivity index (χ3n) is 5.84. The molecule has 0 unspecified atom stereocenters. The van der Waals surface area contributed by atoms with Crippen LogP contribution in [0.1, 0.15) is 43.7 Å². The van der Waals surface area contributed by atoms with Gasteiger partial charge in [0.2, 0.25) is 5.91 Å². The average Bonchev–Trinajstić information content (AvgIpc) is 3.21. The Bertz CT molecular complexity index is 912. The number of carbonyl (C=O) groups is 1. The molecule has 0 saturated carbocycles. The fraction of sp³-hybridized carbons (Fsp3) is 0.478. The molecule has 0 aromatic heterocycles. The fourth-order valence-corrected chi connectivity index (χ4v) is 4.17. The van der Waals surface area contributed by atoms with Crippen LogP contribution in [0.4, 0.5) is 5.69 Å². The Labute approximate surface area is 172 Å². The van der Waals surface area contributed by atoms with Crippen LogP contribution in [-0.4, -0.2) is 43.2 Å². The maximum atomic E-state index is 11.9. The van der Waals surface area contributed by atoms with Gasteiger partial charge in [0, 0.05) is 44.0 Å². The molecular formula is C23H27N3O3. The molecule has 6 nitrogen and oxygen atoms in total. The normalized spacial score (nSPS) is 21.3. The van der Waals surface area contributed by atoms with Crippen LogP contribution in [0, 0.1) is 18.3 Å². The molecule has 2 aliphatic heterocycles. The third-order valence-corrected chi connectivity index (χ3v) is 5.84. The molecule has 0 N–H and O–H groups in total. The lowest BCUT2D eigenvalue weighted by molar-refractivity contribution is -0.130. The summed E-state index contributed by atoms with van der Waals surface area (Å²) in [6, 6.07) is 8.27. The molecular weight excluding hydrogens is 366 g/mol. The lowest BCUT2D eigenvalue weighted by Gasteiger charge is -2.35. The van der Waals surface area contributed by atoms with E-state index < -0.39 is 0 Å². The van der Waals surface area contributed by atoms with Gasteiger partial charge >= 0.3 is 0 Å². The Morgan fingerprint density at radius 3 is 3.00 bits per heavy atom. The number of allylic oxidation sites excluding steroid dienone is 3. The maximum Gasteiger partial charge on any atom is 0.222 e. The molecule has 1 fully saturated rings. The lowest BCUT2D eigenvalue weighted by Crippen LogP contribution is -2.34. The number of benzene rings is 1. The van der Waals surface area contributed by atoms with Gasteiger partial charge in [-0.25, -0.2) is 0 Å². The summed E-state index contributed by atoms with van der Waals surface area (Å²) in [5.74, 6) is 2.12. The van der Waals surface area contributed by atoms with E-state index in [1.54, 1.807) is 0 Å². The van der Waals surface area contributed by atoms with E-state index >= 15 is 0 Å². The number of anilines is 1. The van der Waals surface area contributed by atoms with Gasteiger partial charge < -0.3 is 19.3 Å². The van der Waals surface area contributed by atoms with Crippen molar-refractivity contribution >= 4 is 11.6 Å². The van der Waals surface area contributed by atoms with E-state index in [0.29, 0.717) is 25.1 Å². The van der Waals surface area contributed by atoms with Gasteiger partial charge in [0.1, 0.15) is 18.5 Å². The minimum absolute atomic E-state index is 0.0569. The number of hydrogen-bond acceptors (Lipinski definition) is 5. The van der Waals surface area contributed by atoms with Gasteiger partial charge in [-0.15, -0.1) is 0 Å². The van der Waals surface area contributed by atoms with Gasteiger partial charge in [-0.1, -0.05) is 13.0 Å². The Morgan fingerprint density at radius 2 is 2.21 bits per heavy atom. The number of amides is 1. The number of nitrogens with zero attached hydrogens (tertiary/aromatic N) is 3. The number of aryl methyl sites for hydroxylation is 1. The van der Waals surface area contributed by atoms with Crippen LogP contribution in [0.3, 0.4) is 0 Å². The van der Waals surface area contributed by atoms with Crippen molar-refractivity contribution in [2.24, 2.45) is 0 Å². The molecule has 1 aromatic rings. The molecule has 0 spiro atoms. The van der Waals surface area contributed by atoms with Gasteiger partial charge in [-0.2, -0.15) is 5.26 Å². The number of nitriles is 1. The zero-order valence-electron chi connectivity index (χ0n) is 17.1. The molecule has 6 heteroatoms. The number of likely N-dealkylation sites (tertiary alicyclic amines) is 1. The summed E-state index contributed by atoms with van der Waals surface area (Å²) in [7, 11) is 0. The molecule has 0 bridgehead atoms. The van der Waals surface area contributed by atoms with E-state index in [1.165, 1.54) is 0 Å². The summed E-state index contributed by atoms with van der Waals surface area (Å²) in [6.45, 7) is 6.66. The molecule has 1 saturated heterocycles. The van der Waals surface area contributed by atoms with Crippen LogP contribution in [0.25, 0.3) is 0 Å². The minimum atomic E-state index is 0.0569. The van der Waals surface area contributed by atoms with Gasteiger partial charge in [-0.3, -0.25) is 4.79 Å². The largest absolute Gasteiger partial charge is 0.494 e. The van der Waals surface area contributed by atoms with Gasteiger partial charge in [0.25, 0.3) is 0 Å². The van der Waals surface area contributed by atoms with Crippen molar-refractivity contribution in [1.29, 1.82) is 5.26 Å². The SMILES string of the molecule is CCC(=O)N1CC[C@H](OC2=CC3=C(CC2)OCCN3c2ccc(C)c(C#N)c2)C1. The van der Waals surface area contributed by atoms with Crippen molar-refractivity contribution in [2.75, 3.05) is 31.1 Å². The first kappa shape index (κ1) is 19.4. The highest BCUT2D eigenvalue weighted by molar-refractivity contribution is 5.76. The highest BCUT2D eigenvalue weighted by Gasteiger charge is 2.30. The van der Waals surface area contributed by atoms with Gasteiger partial charge in [0.15, 0.2) is 0 Å². The summed E-state index contributed by atoms with van der Waals surface area (Å²) >= 11 is 0. The molecule has 1 amide bonds. The van der Waals surface area contributed by atoms with Crippen LogP contribution in [0.2, 0.25) is 0 Å². The van der Waals surface area contributed by atoms with Gasteiger partial charge in [-0.05, 0) is 24.6 Å². The Balaban J connectivity index is 1.53. The van der Waals surface area contributed by atoms with E-state index in [4.69, 9.17) is 9.47 Å². The molecule has 2 heterocycles. The lowest BCUT2D eigenvalue weighted by atomic mass is 10.0. The Kier molecular flexibility index (Phi) is 5.48. The number of carbonyl (C=O) groups excluding carboxylic acids is 1. The van der Waals surface area contributed by atoms with Gasteiger partial charge in [0.05, 0.1) is 36.2 Å². The predicted molar refractivity (Wildman–Crippen MR) is 110 cm³/mol. The van der Waals surface area contributed by atoms with E-state index in [1.807, 2.05) is 30.9 Å². The maximum absolute atomic E-state index is 11.9. The second-order valence-corrected chi connectivity index (χ2v) is 7.75. The standard InChI is InChI=1S/C23H27N3O3/c1-3-23(27)25-9-8-20(15-25)29-19-6-7-22-21(13-19)26(10-11-28-22)18-5-4-16(2)17(12-18)14-24/h4-5,12-13,20H,3,6-11,15H2,1-2H3/t20-/m0/s1. The molecule has 4 rings (SSSR count). The zero-order valence-corrected chi connectivity index (χ0v) is 17.1. The molecule has 0 radical (unpaired) electrons. The van der Waals surface area contributed by atoms with Crippen LogP contribution >= 0.6 is 0 Å². The number of ether oxygens (including phenoxy) is 2. The number of hydrogen-bond donors (Lipinski definition) is 0. The first-order valence-corrected chi connectivity index (χ1v) is 10.4. The molecule has 1 aliphatic carbocycles. The fourth-order valence-electron chi connectivity index (χ4n) is 4.17. The van der Waals surface area contributed by atoms with E-state index in [2.05, 4.69) is 23.1 Å². The average molecular weight is 393 g/mol. The summed E-state index contributed by atoms with van der Waals surface area (Å²) < 4.78 is 12.2. The quantitative estimate of drug-likeness (QED) is 0.782. The molecule has 152 valence electrons. The second kappa shape index (κ2) is 8.20. The van der Waals surface area contributed by atoms with Crippen molar-refractivity contribution in [3.05, 3.63) is 52.6 Å². The molecule has 3 aliphatic rings. The van der Waals surface area contributed by atoms with Crippen LogP contribution in [-0.2, 0) is 14.3 Å². The van der Waals surface area contributed by atoms with E-state index in [-0.39, 0.29) is 12.0 Å². The first-order valence-electron chi connectivity index (χ1n) is 10.4. The summed E-state index contributed by atoms with van der Waals surface area (Å²) in [5, 5.41) is 9.39. The monoisotopic (exact) mass is 393 g/mol. The molecule has 1 aromatic carbocycles. The second-order valence-electron chi connectivity index (χ2n) is 7.75. The van der Waals surface area contributed by atoms with Crippen molar-refractivity contribution in [3.8, 4) is 6.07 Å². The first-order chi connectivity index (χ1) is 14.1. The van der Waals surface area contributed by atoms with Crippen molar-refractivity contribution in [2.45, 2.75) is 45.6 Å². The van der Waals surface area contributed by atoms with Crippen LogP contribution in [0.15, 0.2) is 41.5 Å². The van der Waals surface area contributed by atoms with Crippen molar-refractivity contribution in [1.82, 2.24) is 4.90 Å². The third kappa shape index (κ3) is 3.95. The summed E-state index contributed by atoms with van der Waals surface area (Å²) in [5.41, 5.74) is 3.69. The van der Waals surface area contributed by atoms with Crippen LogP contribution < -0.4 is 4.90 Å². The highest BCUT2D eigenvalue weighted by atomic mass is 16.5.